The molecule has 206 valence electrons. The zero-order valence-electron chi connectivity index (χ0n) is 22.4. The first kappa shape index (κ1) is 26.8. The molecule has 1 aliphatic rings. The minimum absolute atomic E-state index is 0.0774. The van der Waals surface area contributed by atoms with Crippen molar-refractivity contribution in [1.29, 1.82) is 0 Å². The van der Waals surface area contributed by atoms with E-state index in [4.69, 9.17) is 4.74 Å². The van der Waals surface area contributed by atoms with Crippen molar-refractivity contribution in [3.63, 3.8) is 0 Å². The number of aliphatic hydroxyl groups is 1. The maximum atomic E-state index is 13.0. The van der Waals surface area contributed by atoms with E-state index in [0.717, 1.165) is 23.2 Å². The molecule has 1 fully saturated rings. The van der Waals surface area contributed by atoms with Gasteiger partial charge in [0.05, 0.1) is 17.4 Å². The van der Waals surface area contributed by atoms with Crippen LogP contribution in [0.3, 0.4) is 0 Å². The number of rotatable bonds is 7. The van der Waals surface area contributed by atoms with Crippen LogP contribution in [-0.4, -0.2) is 67.9 Å². The Bertz CT molecular complexity index is 1530. The van der Waals surface area contributed by atoms with Crippen molar-refractivity contribution in [1.82, 2.24) is 24.2 Å². The third kappa shape index (κ3) is 5.37. The molecule has 0 radical (unpaired) electrons. The summed E-state index contributed by atoms with van der Waals surface area (Å²) in [6, 6.07) is 10.7. The van der Waals surface area contributed by atoms with Gasteiger partial charge in [0.15, 0.2) is 0 Å². The van der Waals surface area contributed by atoms with Gasteiger partial charge in [-0.3, -0.25) is 19.1 Å². The lowest BCUT2D eigenvalue weighted by Gasteiger charge is -2.41. The Balaban J connectivity index is 1.45. The molecule has 2 atom stereocenters. The molecule has 2 unspecified atom stereocenters. The molecule has 0 spiro atoms. The van der Waals surface area contributed by atoms with E-state index in [0.29, 0.717) is 35.5 Å². The van der Waals surface area contributed by atoms with Gasteiger partial charge in [-0.15, -0.1) is 0 Å². The zero-order valence-corrected chi connectivity index (χ0v) is 22.4. The molecule has 3 heterocycles. The first-order valence-electron chi connectivity index (χ1n) is 12.9. The highest BCUT2D eigenvalue weighted by molar-refractivity contribution is 5.84. The van der Waals surface area contributed by atoms with E-state index in [2.05, 4.69) is 21.8 Å². The van der Waals surface area contributed by atoms with Gasteiger partial charge in [0.2, 0.25) is 5.95 Å². The third-order valence-electron chi connectivity index (χ3n) is 7.33. The maximum Gasteiger partial charge on any atom is 0.387 e. The number of halogens is 2. The summed E-state index contributed by atoms with van der Waals surface area (Å²) in [5, 5.41) is 10.5. The summed E-state index contributed by atoms with van der Waals surface area (Å²) in [4.78, 5) is 26.3. The molecule has 0 bridgehead atoms. The van der Waals surface area contributed by atoms with Crippen LogP contribution in [0.25, 0.3) is 22.0 Å². The highest BCUT2D eigenvalue weighted by atomic mass is 19.3. The SMILES string of the molecule is Cc1ccc(OC(F)F)c(Cn2c3cc(-c4cnc(N5CCN(C(C)O)C(C)C5)nc4)ccc3c(=O)n2C)c1. The Hall–Kier alpha value is -3.83. The molecule has 0 aliphatic carbocycles. The van der Waals surface area contributed by atoms with Gasteiger partial charge in [-0.05, 0) is 44.5 Å². The number of hydrogen-bond acceptors (Lipinski definition) is 7. The number of anilines is 1. The number of piperazine rings is 1. The fraction of sp³-hybridized carbons (Fsp3) is 0.393. The van der Waals surface area contributed by atoms with Gasteiger partial charge >= 0.3 is 6.61 Å². The average Bonchev–Trinajstić information content (AvgIpc) is 3.14. The normalized spacial score (nSPS) is 17.2. The second kappa shape index (κ2) is 10.7. The van der Waals surface area contributed by atoms with Crippen LogP contribution in [-0.2, 0) is 13.6 Å². The topological polar surface area (TPSA) is 88.7 Å². The highest BCUT2D eigenvalue weighted by Gasteiger charge is 2.27. The van der Waals surface area contributed by atoms with Crippen molar-refractivity contribution < 1.29 is 18.6 Å². The molecule has 0 amide bonds. The number of aromatic nitrogens is 4. The lowest BCUT2D eigenvalue weighted by molar-refractivity contribution is -0.0505. The van der Waals surface area contributed by atoms with Gasteiger partial charge in [-0.2, -0.15) is 8.78 Å². The molecule has 5 rings (SSSR count). The first-order chi connectivity index (χ1) is 18.6. The van der Waals surface area contributed by atoms with E-state index in [1.54, 1.807) is 49.2 Å². The van der Waals surface area contributed by atoms with E-state index >= 15 is 0 Å². The van der Waals surface area contributed by atoms with Crippen molar-refractivity contribution in [3.8, 4) is 16.9 Å². The molecular formula is C28H32F2N6O3. The standard InChI is InChI=1S/C28H32F2N6O3/c1-17-5-8-25(39-27(29)30)21(11-17)16-36-24-12-20(6-7-23(24)26(38)33(36)4)22-13-31-28(32-14-22)34-9-10-35(19(3)37)18(2)15-34/h5-8,11-14,18-19,27,37H,9-10,15-16H2,1-4H3. The number of benzene rings is 2. The van der Waals surface area contributed by atoms with Crippen LogP contribution in [0, 0.1) is 6.92 Å². The molecule has 1 saturated heterocycles. The van der Waals surface area contributed by atoms with Gasteiger partial charge in [0.25, 0.3) is 5.56 Å². The van der Waals surface area contributed by atoms with Gasteiger partial charge < -0.3 is 14.7 Å². The van der Waals surface area contributed by atoms with Crippen molar-refractivity contribution >= 4 is 16.9 Å². The average molecular weight is 539 g/mol. The summed E-state index contributed by atoms with van der Waals surface area (Å²) in [6.07, 6.45) is 3.02. The van der Waals surface area contributed by atoms with Crippen LogP contribution in [0.15, 0.2) is 53.6 Å². The van der Waals surface area contributed by atoms with Gasteiger partial charge in [0.1, 0.15) is 12.0 Å². The second-order valence-electron chi connectivity index (χ2n) is 10.0. The summed E-state index contributed by atoms with van der Waals surface area (Å²) in [5.74, 6) is 0.702. The van der Waals surface area contributed by atoms with E-state index in [1.165, 1.54) is 10.7 Å². The zero-order chi connectivity index (χ0) is 27.8. The van der Waals surface area contributed by atoms with E-state index < -0.39 is 12.8 Å². The molecule has 9 nitrogen and oxygen atoms in total. The minimum atomic E-state index is -2.95. The maximum absolute atomic E-state index is 13.0. The second-order valence-corrected chi connectivity index (χ2v) is 10.0. The minimum Gasteiger partial charge on any atom is -0.434 e. The van der Waals surface area contributed by atoms with Crippen molar-refractivity contribution in [2.75, 3.05) is 24.5 Å². The predicted octanol–water partition coefficient (Wildman–Crippen LogP) is 3.60. The van der Waals surface area contributed by atoms with Crippen LogP contribution in [0.4, 0.5) is 14.7 Å². The molecule has 2 aromatic heterocycles. The quantitative estimate of drug-likeness (QED) is 0.385. The summed E-state index contributed by atoms with van der Waals surface area (Å²) < 4.78 is 34.0. The monoisotopic (exact) mass is 538 g/mol. The fourth-order valence-corrected chi connectivity index (χ4v) is 5.29. The lowest BCUT2D eigenvalue weighted by Crippen LogP contribution is -2.55. The smallest absolute Gasteiger partial charge is 0.387 e. The Kier molecular flexibility index (Phi) is 7.37. The number of aryl methyl sites for hydroxylation is 1. The van der Waals surface area contributed by atoms with Crippen LogP contribution >= 0.6 is 0 Å². The van der Waals surface area contributed by atoms with E-state index in [9.17, 15) is 18.7 Å². The molecular weight excluding hydrogens is 506 g/mol. The summed E-state index contributed by atoms with van der Waals surface area (Å²) >= 11 is 0. The number of aliphatic hydroxyl groups excluding tert-OH is 1. The Morgan fingerprint density at radius 3 is 2.51 bits per heavy atom. The van der Waals surface area contributed by atoms with Gasteiger partial charge in [-0.25, -0.2) is 9.97 Å². The van der Waals surface area contributed by atoms with Crippen LogP contribution < -0.4 is 15.2 Å². The number of fused-ring (bicyclic) bond motifs is 1. The highest BCUT2D eigenvalue weighted by Crippen LogP contribution is 2.27. The molecule has 4 aromatic rings. The van der Waals surface area contributed by atoms with Crippen LogP contribution in [0.2, 0.25) is 0 Å². The Labute approximate surface area is 224 Å². The number of alkyl halides is 2. The number of hydrogen-bond donors (Lipinski definition) is 1. The third-order valence-corrected chi connectivity index (χ3v) is 7.33. The summed E-state index contributed by atoms with van der Waals surface area (Å²) in [6.45, 7) is 5.09. The molecule has 1 N–H and O–H groups in total. The Morgan fingerprint density at radius 1 is 1.10 bits per heavy atom. The summed E-state index contributed by atoms with van der Waals surface area (Å²) in [5.41, 5.74) is 3.54. The van der Waals surface area contributed by atoms with Gasteiger partial charge in [-0.1, -0.05) is 23.8 Å². The first-order valence-corrected chi connectivity index (χ1v) is 12.9. The number of nitrogens with zero attached hydrogens (tertiary/aromatic N) is 6. The van der Waals surface area contributed by atoms with Crippen LogP contribution in [0.5, 0.6) is 5.75 Å². The van der Waals surface area contributed by atoms with Gasteiger partial charge in [0, 0.05) is 56.2 Å². The predicted molar refractivity (Wildman–Crippen MR) is 145 cm³/mol. The molecule has 11 heteroatoms. The molecule has 1 aliphatic heterocycles. The van der Waals surface area contributed by atoms with Crippen molar-refractivity contribution in [2.24, 2.45) is 7.05 Å². The van der Waals surface area contributed by atoms with E-state index in [-0.39, 0.29) is 23.9 Å². The molecule has 2 aromatic carbocycles. The lowest BCUT2D eigenvalue weighted by atomic mass is 10.1. The van der Waals surface area contributed by atoms with E-state index in [1.807, 2.05) is 24.0 Å². The Morgan fingerprint density at radius 2 is 1.85 bits per heavy atom. The molecule has 0 saturated carbocycles. The fourth-order valence-electron chi connectivity index (χ4n) is 5.29. The van der Waals surface area contributed by atoms with Crippen molar-refractivity contribution in [3.05, 3.63) is 70.3 Å². The van der Waals surface area contributed by atoms with Crippen molar-refractivity contribution in [2.45, 2.75) is 46.2 Å². The number of ether oxygens (including phenoxy) is 1. The summed E-state index contributed by atoms with van der Waals surface area (Å²) in [7, 11) is 1.65. The molecule has 39 heavy (non-hydrogen) atoms. The van der Waals surface area contributed by atoms with Crippen LogP contribution in [0.1, 0.15) is 25.0 Å². The largest absolute Gasteiger partial charge is 0.434 e.